The molecule has 0 saturated carbocycles. The fourth-order valence-electron chi connectivity index (χ4n) is 2.41. The van der Waals surface area contributed by atoms with E-state index in [4.69, 9.17) is 4.99 Å². The molecule has 2 heteroatoms. The second-order valence-corrected chi connectivity index (χ2v) is 7.21. The van der Waals surface area contributed by atoms with Gasteiger partial charge in [0.15, 0.2) is 0 Å². The monoisotopic (exact) mass is 288 g/mol. The van der Waals surface area contributed by atoms with E-state index in [-0.39, 0.29) is 5.41 Å². The van der Waals surface area contributed by atoms with Gasteiger partial charge in [-0.1, -0.05) is 66.2 Å². The van der Waals surface area contributed by atoms with Crippen LogP contribution < -0.4 is 0 Å². The van der Waals surface area contributed by atoms with E-state index in [1.165, 1.54) is 18.7 Å². The smallest absolute Gasteiger partial charge is 0.110 e. The lowest BCUT2D eigenvalue weighted by Crippen LogP contribution is -2.42. The summed E-state index contributed by atoms with van der Waals surface area (Å²) in [5, 5.41) is 0. The van der Waals surface area contributed by atoms with Crippen molar-refractivity contribution in [1.29, 1.82) is 0 Å². The van der Waals surface area contributed by atoms with Gasteiger partial charge < -0.3 is 4.90 Å². The second kappa shape index (κ2) is 8.21. The van der Waals surface area contributed by atoms with E-state index >= 15 is 0 Å². The summed E-state index contributed by atoms with van der Waals surface area (Å²) in [6.45, 7) is 15.7. The van der Waals surface area contributed by atoms with Gasteiger partial charge in [0.2, 0.25) is 0 Å². The van der Waals surface area contributed by atoms with E-state index < -0.39 is 0 Å². The van der Waals surface area contributed by atoms with Gasteiger partial charge in [-0.3, -0.25) is 0 Å². The van der Waals surface area contributed by atoms with E-state index in [1.807, 2.05) is 6.07 Å². The highest BCUT2D eigenvalue weighted by Gasteiger charge is 2.25. The second-order valence-electron chi connectivity index (χ2n) is 7.21. The Bertz CT molecular complexity index is 427. The molecule has 0 aliphatic carbocycles. The largest absolute Gasteiger partial charge is 0.359 e. The van der Waals surface area contributed by atoms with Crippen molar-refractivity contribution < 1.29 is 0 Å². The molecule has 118 valence electrons. The Morgan fingerprint density at radius 3 is 2.24 bits per heavy atom. The molecule has 1 aromatic rings. The number of hydrogen-bond donors (Lipinski definition) is 0. The van der Waals surface area contributed by atoms with Gasteiger partial charge >= 0.3 is 0 Å². The van der Waals surface area contributed by atoms with Crippen LogP contribution in [0.15, 0.2) is 35.3 Å². The zero-order valence-corrected chi connectivity index (χ0v) is 14.7. The first-order chi connectivity index (χ1) is 9.84. The molecule has 0 aromatic heterocycles. The molecule has 0 radical (unpaired) electrons. The lowest BCUT2D eigenvalue weighted by molar-refractivity contribution is 0.326. The fourth-order valence-corrected chi connectivity index (χ4v) is 2.41. The topological polar surface area (TPSA) is 15.6 Å². The predicted molar refractivity (Wildman–Crippen MR) is 94.3 cm³/mol. The quantitative estimate of drug-likeness (QED) is 0.497. The number of aliphatic imine (C=N–C) groups is 1. The Morgan fingerprint density at radius 2 is 1.76 bits per heavy atom. The normalized spacial score (nSPS) is 12.8. The number of hydrogen-bond acceptors (Lipinski definition) is 1. The third kappa shape index (κ3) is 6.33. The standard InChI is InChI=1S/C19H32N2/c1-7-8-14-21(15-16(2)3)18(19(4,5)6)20-17-12-10-9-11-13-17/h9-13,16H,7-8,14-15H2,1-6H3. The molecule has 1 rings (SSSR count). The molecular formula is C19H32N2. The molecule has 21 heavy (non-hydrogen) atoms. The fraction of sp³-hybridized carbons (Fsp3) is 0.632. The highest BCUT2D eigenvalue weighted by atomic mass is 15.2. The van der Waals surface area contributed by atoms with E-state index in [2.05, 4.69) is 70.7 Å². The molecule has 0 aliphatic heterocycles. The minimum absolute atomic E-state index is 0.0540. The molecule has 0 heterocycles. The first kappa shape index (κ1) is 17.7. The summed E-state index contributed by atoms with van der Waals surface area (Å²) in [6.07, 6.45) is 2.44. The van der Waals surface area contributed by atoms with Crippen LogP contribution in [0, 0.1) is 11.3 Å². The minimum Gasteiger partial charge on any atom is -0.359 e. The molecule has 0 fully saturated rings. The van der Waals surface area contributed by atoms with Crippen molar-refractivity contribution in [3.05, 3.63) is 30.3 Å². The van der Waals surface area contributed by atoms with Crippen LogP contribution in [-0.2, 0) is 0 Å². The van der Waals surface area contributed by atoms with Crippen molar-refractivity contribution in [1.82, 2.24) is 4.90 Å². The lowest BCUT2D eigenvalue weighted by atomic mass is 9.93. The Morgan fingerprint density at radius 1 is 1.14 bits per heavy atom. The highest BCUT2D eigenvalue weighted by molar-refractivity contribution is 5.89. The molecule has 0 aliphatic rings. The van der Waals surface area contributed by atoms with Gasteiger partial charge in [-0.05, 0) is 24.5 Å². The van der Waals surface area contributed by atoms with Crippen LogP contribution in [0.1, 0.15) is 54.4 Å². The summed E-state index contributed by atoms with van der Waals surface area (Å²) >= 11 is 0. The molecule has 0 saturated heterocycles. The molecule has 0 bridgehead atoms. The summed E-state index contributed by atoms with van der Waals surface area (Å²) in [6, 6.07) is 10.3. The first-order valence-electron chi connectivity index (χ1n) is 8.23. The number of para-hydroxylation sites is 1. The molecule has 0 N–H and O–H groups in total. The zero-order chi connectivity index (χ0) is 15.9. The first-order valence-corrected chi connectivity index (χ1v) is 8.23. The van der Waals surface area contributed by atoms with Crippen molar-refractivity contribution in [2.24, 2.45) is 16.3 Å². The summed E-state index contributed by atoms with van der Waals surface area (Å²) in [5.74, 6) is 1.85. The van der Waals surface area contributed by atoms with E-state index in [1.54, 1.807) is 0 Å². The Balaban J connectivity index is 3.11. The lowest BCUT2D eigenvalue weighted by Gasteiger charge is -2.35. The highest BCUT2D eigenvalue weighted by Crippen LogP contribution is 2.24. The van der Waals surface area contributed by atoms with Crippen LogP contribution in [0.5, 0.6) is 0 Å². The Labute approximate surface area is 131 Å². The van der Waals surface area contributed by atoms with Gasteiger partial charge in [-0.15, -0.1) is 0 Å². The van der Waals surface area contributed by atoms with Crippen LogP contribution in [-0.4, -0.2) is 23.8 Å². The van der Waals surface area contributed by atoms with Crippen LogP contribution in [0.2, 0.25) is 0 Å². The van der Waals surface area contributed by atoms with E-state index in [0.717, 1.165) is 18.8 Å². The molecule has 2 nitrogen and oxygen atoms in total. The predicted octanol–water partition coefficient (Wildman–Crippen LogP) is 5.52. The zero-order valence-electron chi connectivity index (χ0n) is 14.7. The van der Waals surface area contributed by atoms with Crippen molar-refractivity contribution in [3.63, 3.8) is 0 Å². The maximum atomic E-state index is 4.98. The van der Waals surface area contributed by atoms with Gasteiger partial charge in [0.1, 0.15) is 5.84 Å². The van der Waals surface area contributed by atoms with Gasteiger partial charge in [-0.2, -0.15) is 0 Å². The van der Waals surface area contributed by atoms with Crippen LogP contribution in [0.3, 0.4) is 0 Å². The van der Waals surface area contributed by atoms with Crippen LogP contribution in [0.4, 0.5) is 5.69 Å². The molecular weight excluding hydrogens is 256 g/mol. The number of unbranched alkanes of at least 4 members (excludes halogenated alkanes) is 1. The van der Waals surface area contributed by atoms with Crippen LogP contribution >= 0.6 is 0 Å². The molecule has 0 spiro atoms. The molecule has 0 unspecified atom stereocenters. The summed E-state index contributed by atoms with van der Waals surface area (Å²) in [4.78, 5) is 7.47. The average Bonchev–Trinajstić information content (AvgIpc) is 2.40. The van der Waals surface area contributed by atoms with Crippen molar-refractivity contribution >= 4 is 11.5 Å². The van der Waals surface area contributed by atoms with Crippen LogP contribution in [0.25, 0.3) is 0 Å². The van der Waals surface area contributed by atoms with Crippen molar-refractivity contribution in [2.45, 2.75) is 54.4 Å². The number of benzene rings is 1. The third-order valence-electron chi connectivity index (χ3n) is 3.33. The summed E-state index contributed by atoms with van der Waals surface area (Å²) in [5.41, 5.74) is 1.10. The third-order valence-corrected chi connectivity index (χ3v) is 3.33. The van der Waals surface area contributed by atoms with Crippen molar-refractivity contribution in [3.8, 4) is 0 Å². The van der Waals surface area contributed by atoms with Gasteiger partial charge in [-0.25, -0.2) is 4.99 Å². The van der Waals surface area contributed by atoms with Gasteiger partial charge in [0.25, 0.3) is 0 Å². The average molecular weight is 288 g/mol. The number of rotatable bonds is 6. The Hall–Kier alpha value is -1.31. The summed E-state index contributed by atoms with van der Waals surface area (Å²) < 4.78 is 0. The molecule has 0 amide bonds. The number of nitrogens with zero attached hydrogens (tertiary/aromatic N) is 2. The Kier molecular flexibility index (Phi) is 6.94. The van der Waals surface area contributed by atoms with E-state index in [9.17, 15) is 0 Å². The SMILES string of the molecule is CCCCN(CC(C)C)C(=Nc1ccccc1)C(C)(C)C. The minimum atomic E-state index is 0.0540. The summed E-state index contributed by atoms with van der Waals surface area (Å²) in [7, 11) is 0. The van der Waals surface area contributed by atoms with Gasteiger partial charge in [0.05, 0.1) is 5.69 Å². The molecule has 0 atom stereocenters. The van der Waals surface area contributed by atoms with Gasteiger partial charge in [0, 0.05) is 18.5 Å². The maximum absolute atomic E-state index is 4.98. The maximum Gasteiger partial charge on any atom is 0.110 e. The van der Waals surface area contributed by atoms with E-state index in [0.29, 0.717) is 5.92 Å². The number of amidine groups is 1. The molecule has 1 aromatic carbocycles. The van der Waals surface area contributed by atoms with Crippen molar-refractivity contribution in [2.75, 3.05) is 13.1 Å².